The first-order valence-corrected chi connectivity index (χ1v) is 10.2. The van der Waals surface area contributed by atoms with E-state index in [0.717, 1.165) is 10.6 Å². The van der Waals surface area contributed by atoms with Crippen LogP contribution >= 0.6 is 0 Å². The van der Waals surface area contributed by atoms with E-state index in [4.69, 9.17) is 10.5 Å². The third-order valence-electron chi connectivity index (χ3n) is 4.58. The molecule has 0 radical (unpaired) electrons. The van der Waals surface area contributed by atoms with Gasteiger partial charge in [-0.15, -0.1) is 0 Å². The van der Waals surface area contributed by atoms with Crippen LogP contribution in [0.4, 0.5) is 5.69 Å². The van der Waals surface area contributed by atoms with Crippen LogP contribution in [0.3, 0.4) is 0 Å². The largest absolute Gasteiger partial charge is 0.497 e. The number of primary amides is 1. The van der Waals surface area contributed by atoms with Gasteiger partial charge in [0.1, 0.15) is 11.8 Å². The molecule has 1 fully saturated rings. The van der Waals surface area contributed by atoms with Crippen molar-refractivity contribution >= 4 is 27.5 Å². The van der Waals surface area contributed by atoms with Crippen molar-refractivity contribution in [3.8, 4) is 5.75 Å². The number of carbonyl (C=O) groups excluding carboxylic acids is 2. The summed E-state index contributed by atoms with van der Waals surface area (Å²) in [6.07, 6.45) is 2.05. The number of nitrogens with zero attached hydrogens (tertiary/aromatic N) is 2. The number of nitrogens with two attached hydrogens (primary N) is 1. The summed E-state index contributed by atoms with van der Waals surface area (Å²) >= 11 is 0. The first-order chi connectivity index (χ1) is 12.1. The number of methoxy groups -OCH3 is 1. The molecule has 0 aliphatic carbocycles. The minimum Gasteiger partial charge on any atom is -0.497 e. The van der Waals surface area contributed by atoms with Crippen molar-refractivity contribution in [3.63, 3.8) is 0 Å². The molecule has 26 heavy (non-hydrogen) atoms. The van der Waals surface area contributed by atoms with Crippen LogP contribution in [0.25, 0.3) is 0 Å². The van der Waals surface area contributed by atoms with E-state index in [2.05, 4.69) is 0 Å². The molecule has 8 nitrogen and oxygen atoms in total. The molecule has 1 heterocycles. The summed E-state index contributed by atoms with van der Waals surface area (Å²) in [7, 11) is -2.21. The minimum absolute atomic E-state index is 0.237. The molecule has 0 spiro atoms. The average Bonchev–Trinajstić information content (AvgIpc) is 2.60. The first-order valence-electron chi connectivity index (χ1n) is 8.36. The molecule has 1 aliphatic heterocycles. The van der Waals surface area contributed by atoms with E-state index in [1.807, 2.05) is 0 Å². The smallest absolute Gasteiger partial charge is 0.246 e. The maximum absolute atomic E-state index is 12.9. The predicted molar refractivity (Wildman–Crippen MR) is 98.3 cm³/mol. The highest BCUT2D eigenvalue weighted by Crippen LogP contribution is 2.27. The zero-order chi connectivity index (χ0) is 19.5. The van der Waals surface area contributed by atoms with Gasteiger partial charge in [0.15, 0.2) is 0 Å². The number of anilines is 1. The fourth-order valence-electron chi connectivity index (χ4n) is 3.20. The highest BCUT2D eigenvalue weighted by atomic mass is 32.2. The number of piperidine rings is 1. The van der Waals surface area contributed by atoms with Crippen LogP contribution in [0, 0.1) is 5.92 Å². The van der Waals surface area contributed by atoms with E-state index in [9.17, 15) is 18.0 Å². The molecule has 1 atom stereocenters. The van der Waals surface area contributed by atoms with Crippen molar-refractivity contribution < 1.29 is 22.7 Å². The maximum Gasteiger partial charge on any atom is 0.246 e. The molecule has 0 aromatic heterocycles. The number of sulfonamides is 1. The molecule has 9 heteroatoms. The Morgan fingerprint density at radius 1 is 1.31 bits per heavy atom. The number of rotatable bonds is 6. The van der Waals surface area contributed by atoms with Crippen molar-refractivity contribution in [1.82, 2.24) is 4.90 Å². The molecule has 2 rings (SSSR count). The molecule has 0 saturated carbocycles. The Hall–Kier alpha value is -2.29. The van der Waals surface area contributed by atoms with E-state index in [0.29, 0.717) is 37.4 Å². The number of likely N-dealkylation sites (tertiary alicyclic amines) is 1. The average molecular weight is 383 g/mol. The molecule has 1 aromatic carbocycles. The molecular formula is C17H25N3O5S. The molecule has 1 aromatic rings. The molecular weight excluding hydrogens is 358 g/mol. The number of hydrogen-bond donors (Lipinski definition) is 1. The number of hydrogen-bond acceptors (Lipinski definition) is 5. The van der Waals surface area contributed by atoms with Crippen molar-refractivity contribution in [2.75, 3.05) is 30.8 Å². The normalized spacial score (nSPS) is 16.8. The van der Waals surface area contributed by atoms with Crippen LogP contribution in [0.1, 0.15) is 19.8 Å². The second-order valence-corrected chi connectivity index (χ2v) is 8.30. The number of benzene rings is 1. The van der Waals surface area contributed by atoms with E-state index in [1.165, 1.54) is 7.11 Å². The standard InChI is InChI=1S/C17H25N3O5S/c1-12(17(22)19-9-7-13(8-10-19)16(18)21)20(26(3,23)24)14-5-4-6-15(11-14)25-2/h4-6,11-13H,7-10H2,1-3H3,(H2,18,21)/t12-/m1/s1. The van der Waals surface area contributed by atoms with E-state index >= 15 is 0 Å². The Bertz CT molecular complexity index is 772. The molecule has 1 saturated heterocycles. The Balaban J connectivity index is 2.23. The van der Waals surface area contributed by atoms with Crippen molar-refractivity contribution in [2.45, 2.75) is 25.8 Å². The second-order valence-electron chi connectivity index (χ2n) is 6.44. The third kappa shape index (κ3) is 4.46. The highest BCUT2D eigenvalue weighted by molar-refractivity contribution is 7.92. The number of carbonyl (C=O) groups is 2. The second kappa shape index (κ2) is 7.94. The van der Waals surface area contributed by atoms with Crippen molar-refractivity contribution in [3.05, 3.63) is 24.3 Å². The van der Waals surface area contributed by atoms with Crippen LogP contribution in [0.5, 0.6) is 5.75 Å². The van der Waals surface area contributed by atoms with Crippen LogP contribution < -0.4 is 14.8 Å². The molecule has 2 amide bonds. The summed E-state index contributed by atoms with van der Waals surface area (Å²) in [5.41, 5.74) is 5.68. The van der Waals surface area contributed by atoms with Crippen LogP contribution in [-0.2, 0) is 19.6 Å². The summed E-state index contributed by atoms with van der Waals surface area (Å²) in [6.45, 7) is 2.32. The Morgan fingerprint density at radius 2 is 1.92 bits per heavy atom. The molecule has 0 bridgehead atoms. The van der Waals surface area contributed by atoms with Gasteiger partial charge >= 0.3 is 0 Å². The predicted octanol–water partition coefficient (Wildman–Crippen LogP) is 0.574. The van der Waals surface area contributed by atoms with Gasteiger partial charge in [0, 0.05) is 25.1 Å². The van der Waals surface area contributed by atoms with Crippen LogP contribution in [0.2, 0.25) is 0 Å². The lowest BCUT2D eigenvalue weighted by Crippen LogP contribution is -2.52. The lowest BCUT2D eigenvalue weighted by molar-refractivity contribution is -0.135. The van der Waals surface area contributed by atoms with Gasteiger partial charge in [-0.25, -0.2) is 8.42 Å². The van der Waals surface area contributed by atoms with Gasteiger partial charge in [0.05, 0.1) is 19.1 Å². The number of ether oxygens (including phenoxy) is 1. The summed E-state index contributed by atoms with van der Waals surface area (Å²) in [4.78, 5) is 25.7. The molecule has 0 unspecified atom stereocenters. The Morgan fingerprint density at radius 3 is 2.42 bits per heavy atom. The fraction of sp³-hybridized carbons (Fsp3) is 0.529. The summed E-state index contributed by atoms with van der Waals surface area (Å²) < 4.78 is 31.0. The van der Waals surface area contributed by atoms with E-state index in [-0.39, 0.29) is 17.7 Å². The Labute approximate surface area is 153 Å². The lowest BCUT2D eigenvalue weighted by Gasteiger charge is -2.36. The lowest BCUT2D eigenvalue weighted by atomic mass is 9.96. The SMILES string of the molecule is COc1cccc(N([C@H](C)C(=O)N2CCC(C(N)=O)CC2)S(C)(=O)=O)c1. The molecule has 1 aliphatic rings. The van der Waals surface area contributed by atoms with Gasteiger partial charge < -0.3 is 15.4 Å². The molecule has 2 N–H and O–H groups in total. The topological polar surface area (TPSA) is 110 Å². The summed E-state index contributed by atoms with van der Waals surface area (Å²) in [6, 6.07) is 5.64. The number of amides is 2. The summed E-state index contributed by atoms with van der Waals surface area (Å²) in [5, 5.41) is 0. The van der Waals surface area contributed by atoms with E-state index in [1.54, 1.807) is 36.1 Å². The van der Waals surface area contributed by atoms with Gasteiger partial charge in [0.25, 0.3) is 0 Å². The van der Waals surface area contributed by atoms with Gasteiger partial charge in [-0.05, 0) is 31.9 Å². The van der Waals surface area contributed by atoms with Gasteiger partial charge in [-0.3, -0.25) is 13.9 Å². The van der Waals surface area contributed by atoms with Crippen molar-refractivity contribution in [2.24, 2.45) is 11.7 Å². The third-order valence-corrected chi connectivity index (χ3v) is 5.82. The fourth-order valence-corrected chi connectivity index (χ4v) is 4.36. The first kappa shape index (κ1) is 20.0. The van der Waals surface area contributed by atoms with Gasteiger partial charge in [-0.2, -0.15) is 0 Å². The van der Waals surface area contributed by atoms with Crippen LogP contribution in [0.15, 0.2) is 24.3 Å². The molecule has 144 valence electrons. The highest BCUT2D eigenvalue weighted by Gasteiger charge is 2.34. The minimum atomic E-state index is -3.69. The van der Waals surface area contributed by atoms with Gasteiger partial charge in [0.2, 0.25) is 21.8 Å². The monoisotopic (exact) mass is 383 g/mol. The maximum atomic E-state index is 12.9. The van der Waals surface area contributed by atoms with Crippen molar-refractivity contribution in [1.29, 1.82) is 0 Å². The Kier molecular flexibility index (Phi) is 6.12. The zero-order valence-corrected chi connectivity index (χ0v) is 16.0. The summed E-state index contributed by atoms with van der Waals surface area (Å²) in [5.74, 6) is -0.405. The van der Waals surface area contributed by atoms with Gasteiger partial charge in [-0.1, -0.05) is 6.07 Å². The quantitative estimate of drug-likeness (QED) is 0.772. The van der Waals surface area contributed by atoms with Crippen LogP contribution in [-0.4, -0.2) is 57.6 Å². The van der Waals surface area contributed by atoms with E-state index < -0.39 is 16.1 Å². The zero-order valence-electron chi connectivity index (χ0n) is 15.2.